The van der Waals surface area contributed by atoms with Gasteiger partial charge in [-0.3, -0.25) is 0 Å². The number of carbonyl (C=O) groups excluding carboxylic acids is 1. The Morgan fingerprint density at radius 1 is 1.26 bits per heavy atom. The van der Waals surface area contributed by atoms with Crippen LogP contribution in [0.25, 0.3) is 17.3 Å². The number of benzene rings is 1. The maximum absolute atomic E-state index is 11.2. The van der Waals surface area contributed by atoms with Crippen molar-refractivity contribution in [2.24, 2.45) is 0 Å². The van der Waals surface area contributed by atoms with Crippen LogP contribution in [0, 0.1) is 0 Å². The summed E-state index contributed by atoms with van der Waals surface area (Å²) >= 11 is 0. The number of hydrogen-bond acceptors (Lipinski definition) is 3. The first-order valence-corrected chi connectivity index (χ1v) is 6.09. The maximum atomic E-state index is 11.2. The van der Waals surface area contributed by atoms with Crippen molar-refractivity contribution in [1.29, 1.82) is 0 Å². The highest BCUT2D eigenvalue weighted by molar-refractivity contribution is 5.86. The van der Waals surface area contributed by atoms with E-state index in [9.17, 15) is 4.79 Å². The van der Waals surface area contributed by atoms with Gasteiger partial charge in [0.15, 0.2) is 0 Å². The molecule has 0 fully saturated rings. The van der Waals surface area contributed by atoms with Gasteiger partial charge in [-0.1, -0.05) is 12.1 Å². The van der Waals surface area contributed by atoms with Gasteiger partial charge < -0.3 is 15.5 Å². The average molecular weight is 256 g/mol. The van der Waals surface area contributed by atoms with E-state index in [4.69, 9.17) is 10.5 Å². The van der Waals surface area contributed by atoms with Crippen molar-refractivity contribution in [3.63, 3.8) is 0 Å². The molecule has 2 aromatic rings. The number of H-pyrrole nitrogens is 1. The van der Waals surface area contributed by atoms with Crippen molar-refractivity contribution in [1.82, 2.24) is 4.98 Å². The molecule has 0 radical (unpaired) electrons. The molecule has 3 N–H and O–H groups in total. The summed E-state index contributed by atoms with van der Waals surface area (Å²) in [6, 6.07) is 11.5. The number of anilines is 1. The first kappa shape index (κ1) is 13.0. The fourth-order valence-corrected chi connectivity index (χ4v) is 1.69. The van der Waals surface area contributed by atoms with Crippen LogP contribution in [0.3, 0.4) is 0 Å². The van der Waals surface area contributed by atoms with Gasteiger partial charge in [0.2, 0.25) is 0 Å². The topological polar surface area (TPSA) is 68.1 Å². The van der Waals surface area contributed by atoms with Crippen molar-refractivity contribution in [3.8, 4) is 11.3 Å². The van der Waals surface area contributed by atoms with Crippen LogP contribution in [0.2, 0.25) is 0 Å². The minimum atomic E-state index is -0.342. The number of nitrogen functional groups attached to an aromatic ring is 1. The van der Waals surface area contributed by atoms with Crippen LogP contribution in [0.15, 0.2) is 42.5 Å². The predicted molar refractivity (Wildman–Crippen MR) is 76.3 cm³/mol. The van der Waals surface area contributed by atoms with Gasteiger partial charge in [0.05, 0.1) is 6.61 Å². The summed E-state index contributed by atoms with van der Waals surface area (Å²) in [5.41, 5.74) is 9.25. The third-order valence-electron chi connectivity index (χ3n) is 2.62. The summed E-state index contributed by atoms with van der Waals surface area (Å²) in [6.45, 7) is 2.16. The molecule has 2 rings (SSSR count). The number of hydrogen-bond donors (Lipinski definition) is 2. The van der Waals surface area contributed by atoms with Gasteiger partial charge in [0.25, 0.3) is 0 Å². The number of ether oxygens (including phenoxy) is 1. The lowest BCUT2D eigenvalue weighted by Gasteiger charge is -1.98. The molecule has 0 aliphatic rings. The number of nitrogens with two attached hydrogens (primary N) is 1. The minimum Gasteiger partial charge on any atom is -0.463 e. The van der Waals surface area contributed by atoms with Crippen LogP contribution in [0.5, 0.6) is 0 Å². The van der Waals surface area contributed by atoms with Gasteiger partial charge in [-0.15, -0.1) is 0 Å². The van der Waals surface area contributed by atoms with E-state index < -0.39 is 0 Å². The zero-order valence-electron chi connectivity index (χ0n) is 10.7. The Balaban J connectivity index is 2.11. The first-order valence-electron chi connectivity index (χ1n) is 6.09. The molecule has 0 spiro atoms. The van der Waals surface area contributed by atoms with E-state index in [0.717, 1.165) is 22.6 Å². The second-order valence-corrected chi connectivity index (χ2v) is 4.03. The molecule has 4 heteroatoms. The Kier molecular flexibility index (Phi) is 4.03. The van der Waals surface area contributed by atoms with Gasteiger partial charge >= 0.3 is 5.97 Å². The van der Waals surface area contributed by atoms with Crippen LogP contribution in [0.1, 0.15) is 12.6 Å². The molecule has 1 aromatic carbocycles. The molecule has 4 nitrogen and oxygen atoms in total. The second kappa shape index (κ2) is 5.91. The quantitative estimate of drug-likeness (QED) is 0.502. The van der Waals surface area contributed by atoms with E-state index >= 15 is 0 Å². The fraction of sp³-hybridized carbons (Fsp3) is 0.133. The average Bonchev–Trinajstić information content (AvgIpc) is 2.86. The molecule has 98 valence electrons. The summed E-state index contributed by atoms with van der Waals surface area (Å²) in [5.74, 6) is -0.342. The lowest BCUT2D eigenvalue weighted by Crippen LogP contribution is -1.98. The van der Waals surface area contributed by atoms with Crippen LogP contribution in [-0.4, -0.2) is 17.6 Å². The number of aromatic amines is 1. The number of esters is 1. The second-order valence-electron chi connectivity index (χ2n) is 4.03. The van der Waals surface area contributed by atoms with Crippen LogP contribution >= 0.6 is 0 Å². The van der Waals surface area contributed by atoms with E-state index in [1.807, 2.05) is 36.4 Å². The summed E-state index contributed by atoms with van der Waals surface area (Å²) in [6.07, 6.45) is 3.10. The van der Waals surface area contributed by atoms with Gasteiger partial charge in [0.1, 0.15) is 0 Å². The van der Waals surface area contributed by atoms with E-state index in [0.29, 0.717) is 6.61 Å². The molecule has 1 aromatic heterocycles. The number of rotatable bonds is 4. The van der Waals surface area contributed by atoms with Crippen molar-refractivity contribution < 1.29 is 9.53 Å². The molecule has 0 saturated carbocycles. The van der Waals surface area contributed by atoms with Crippen molar-refractivity contribution >= 4 is 17.7 Å². The summed E-state index contributed by atoms with van der Waals surface area (Å²) in [5, 5.41) is 0. The normalized spacial score (nSPS) is 10.8. The van der Waals surface area contributed by atoms with E-state index in [1.54, 1.807) is 13.0 Å². The highest BCUT2D eigenvalue weighted by Crippen LogP contribution is 2.20. The van der Waals surface area contributed by atoms with Gasteiger partial charge in [-0.2, -0.15) is 0 Å². The predicted octanol–water partition coefficient (Wildman–Crippen LogP) is 2.84. The van der Waals surface area contributed by atoms with Gasteiger partial charge in [-0.25, -0.2) is 4.79 Å². The smallest absolute Gasteiger partial charge is 0.330 e. The third-order valence-corrected chi connectivity index (χ3v) is 2.62. The highest BCUT2D eigenvalue weighted by atomic mass is 16.5. The van der Waals surface area contributed by atoms with Crippen molar-refractivity contribution in [2.45, 2.75) is 6.92 Å². The summed E-state index contributed by atoms with van der Waals surface area (Å²) in [7, 11) is 0. The number of aromatic nitrogens is 1. The van der Waals surface area contributed by atoms with E-state index in [-0.39, 0.29) is 5.97 Å². The molecule has 0 unspecified atom stereocenters. The van der Waals surface area contributed by atoms with Crippen molar-refractivity contribution in [2.75, 3.05) is 12.3 Å². The Labute approximate surface area is 111 Å². The molecular formula is C15H16N2O2. The van der Waals surface area contributed by atoms with E-state index in [2.05, 4.69) is 4.98 Å². The van der Waals surface area contributed by atoms with Crippen LogP contribution in [-0.2, 0) is 9.53 Å². The SMILES string of the molecule is CCOC(=O)/C=C/c1ccc(-c2ccc(N)cc2)[nH]1. The molecule has 0 atom stereocenters. The van der Waals surface area contributed by atoms with Gasteiger partial charge in [0, 0.05) is 23.2 Å². The molecule has 0 amide bonds. The molecule has 1 heterocycles. The lowest BCUT2D eigenvalue weighted by atomic mass is 10.1. The Bertz CT molecular complexity index is 582. The van der Waals surface area contributed by atoms with Crippen LogP contribution < -0.4 is 5.73 Å². The Morgan fingerprint density at radius 2 is 2.00 bits per heavy atom. The van der Waals surface area contributed by atoms with Gasteiger partial charge in [-0.05, 0) is 42.8 Å². The fourth-order valence-electron chi connectivity index (χ4n) is 1.69. The minimum absolute atomic E-state index is 0.342. The molecule has 0 bridgehead atoms. The summed E-state index contributed by atoms with van der Waals surface area (Å²) < 4.78 is 4.81. The largest absolute Gasteiger partial charge is 0.463 e. The van der Waals surface area contributed by atoms with Crippen molar-refractivity contribution in [3.05, 3.63) is 48.2 Å². The standard InChI is InChI=1S/C15H16N2O2/c1-2-19-15(18)10-8-13-7-9-14(17-13)11-3-5-12(16)6-4-11/h3-10,17H,2,16H2,1H3/b10-8+. The van der Waals surface area contributed by atoms with E-state index in [1.165, 1.54) is 6.08 Å². The zero-order valence-corrected chi connectivity index (χ0v) is 10.7. The summed E-state index contributed by atoms with van der Waals surface area (Å²) in [4.78, 5) is 14.4. The monoisotopic (exact) mass is 256 g/mol. The molecule has 0 aliphatic heterocycles. The molecular weight excluding hydrogens is 240 g/mol. The molecule has 0 saturated heterocycles. The first-order chi connectivity index (χ1) is 9.19. The zero-order chi connectivity index (χ0) is 13.7. The lowest BCUT2D eigenvalue weighted by molar-refractivity contribution is -0.137. The number of carbonyl (C=O) groups is 1. The Hall–Kier alpha value is -2.49. The molecule has 19 heavy (non-hydrogen) atoms. The number of nitrogens with one attached hydrogen (secondary N) is 1. The Morgan fingerprint density at radius 3 is 2.68 bits per heavy atom. The third kappa shape index (κ3) is 3.48. The highest BCUT2D eigenvalue weighted by Gasteiger charge is 2.00. The van der Waals surface area contributed by atoms with Crippen LogP contribution in [0.4, 0.5) is 5.69 Å². The maximum Gasteiger partial charge on any atom is 0.330 e. The molecule has 0 aliphatic carbocycles.